The summed E-state index contributed by atoms with van der Waals surface area (Å²) in [6.45, 7) is 3.31. The molecule has 0 aromatic heterocycles. The SMILES string of the molecule is CCNC(=O)NC(CCCCN(Cc1ccc(Br)cc1)C(=O)c1ccc(CNC(=O)CCCCNC(=O)CCC(C(=O)O)N2CCN(CC(=O)O)CCN(CC(=O)O)CCN(CC(=O)O)CC2)cc1)C(=O)O. The molecule has 72 heavy (non-hydrogen) atoms. The van der Waals surface area contributed by atoms with Gasteiger partial charge in [0.25, 0.3) is 5.91 Å². The first-order valence-electron chi connectivity index (χ1n) is 24.1. The van der Waals surface area contributed by atoms with Gasteiger partial charge < -0.3 is 51.7 Å². The van der Waals surface area contributed by atoms with Crippen LogP contribution in [-0.2, 0) is 46.7 Å². The van der Waals surface area contributed by atoms with Gasteiger partial charge in [0.1, 0.15) is 12.1 Å². The molecule has 24 heteroatoms. The monoisotopic (exact) mass is 1080 g/mol. The number of hydrogen-bond donors (Lipinski definition) is 9. The predicted octanol–water partition coefficient (Wildman–Crippen LogP) is 1.65. The summed E-state index contributed by atoms with van der Waals surface area (Å²) in [5, 5.41) is 58.8. The molecule has 5 amide bonds. The second-order valence-electron chi connectivity index (χ2n) is 17.5. The summed E-state index contributed by atoms with van der Waals surface area (Å²) < 4.78 is 0.888. The zero-order chi connectivity index (χ0) is 53.0. The van der Waals surface area contributed by atoms with Crippen LogP contribution >= 0.6 is 15.9 Å². The van der Waals surface area contributed by atoms with Crippen LogP contribution < -0.4 is 21.3 Å². The quantitative estimate of drug-likeness (QED) is 0.0523. The third kappa shape index (κ3) is 24.3. The van der Waals surface area contributed by atoms with Crippen molar-refractivity contribution in [3.8, 4) is 0 Å². The Bertz CT molecular complexity index is 2070. The first-order valence-corrected chi connectivity index (χ1v) is 24.8. The van der Waals surface area contributed by atoms with Crippen LogP contribution in [0.2, 0.25) is 0 Å². The molecule has 2 aromatic carbocycles. The highest BCUT2D eigenvalue weighted by Gasteiger charge is 2.29. The number of carbonyl (C=O) groups excluding carboxylic acids is 4. The highest BCUT2D eigenvalue weighted by Crippen LogP contribution is 2.17. The van der Waals surface area contributed by atoms with Gasteiger partial charge in [-0.15, -0.1) is 0 Å². The molecule has 0 saturated carbocycles. The lowest BCUT2D eigenvalue weighted by Gasteiger charge is -2.35. The van der Waals surface area contributed by atoms with E-state index in [1.165, 1.54) is 0 Å². The highest BCUT2D eigenvalue weighted by atomic mass is 79.9. The number of carboxylic acid groups (broad SMARTS) is 5. The Labute approximate surface area is 427 Å². The van der Waals surface area contributed by atoms with Gasteiger partial charge in [-0.1, -0.05) is 40.2 Å². The highest BCUT2D eigenvalue weighted by molar-refractivity contribution is 9.10. The average molecular weight is 1080 g/mol. The number of unbranched alkanes of at least 4 members (excludes halogenated alkanes) is 2. The van der Waals surface area contributed by atoms with E-state index in [2.05, 4.69) is 37.2 Å². The Morgan fingerprint density at radius 3 is 1.64 bits per heavy atom. The van der Waals surface area contributed by atoms with Gasteiger partial charge >= 0.3 is 35.9 Å². The largest absolute Gasteiger partial charge is 0.480 e. The minimum Gasteiger partial charge on any atom is -0.480 e. The summed E-state index contributed by atoms with van der Waals surface area (Å²) in [6, 6.07) is 11.6. The van der Waals surface area contributed by atoms with E-state index in [4.69, 9.17) is 0 Å². The number of amides is 5. The molecule has 2 atom stereocenters. The topological polar surface area (TPSA) is 319 Å². The van der Waals surface area contributed by atoms with Crippen molar-refractivity contribution in [1.29, 1.82) is 0 Å². The van der Waals surface area contributed by atoms with Crippen molar-refractivity contribution in [2.24, 2.45) is 0 Å². The van der Waals surface area contributed by atoms with Crippen LogP contribution in [0.15, 0.2) is 53.0 Å². The van der Waals surface area contributed by atoms with Gasteiger partial charge in [0.15, 0.2) is 0 Å². The molecule has 0 radical (unpaired) electrons. The van der Waals surface area contributed by atoms with E-state index in [9.17, 15) is 68.7 Å². The predicted molar refractivity (Wildman–Crippen MR) is 266 cm³/mol. The van der Waals surface area contributed by atoms with E-state index < -0.39 is 53.9 Å². The fourth-order valence-corrected chi connectivity index (χ4v) is 8.21. The molecule has 1 aliphatic rings. The molecule has 23 nitrogen and oxygen atoms in total. The van der Waals surface area contributed by atoms with E-state index in [-0.39, 0.29) is 123 Å². The number of carboxylic acids is 5. The van der Waals surface area contributed by atoms with Crippen LogP contribution in [0.4, 0.5) is 4.79 Å². The lowest BCUT2D eigenvalue weighted by atomic mass is 10.1. The second kappa shape index (κ2) is 32.7. The van der Waals surface area contributed by atoms with Crippen LogP contribution in [0.5, 0.6) is 0 Å². The first kappa shape index (κ1) is 60.1. The Balaban J connectivity index is 1.48. The van der Waals surface area contributed by atoms with E-state index in [1.54, 1.807) is 55.7 Å². The van der Waals surface area contributed by atoms with Gasteiger partial charge in [0.05, 0.1) is 19.6 Å². The zero-order valence-electron chi connectivity index (χ0n) is 40.8. The Morgan fingerprint density at radius 2 is 1.12 bits per heavy atom. The summed E-state index contributed by atoms with van der Waals surface area (Å²) in [5.74, 6) is -6.49. The number of aliphatic carboxylic acids is 5. The molecule has 1 saturated heterocycles. The maximum atomic E-state index is 13.8. The number of hydrogen-bond acceptors (Lipinski definition) is 13. The van der Waals surface area contributed by atoms with Gasteiger partial charge in [0.2, 0.25) is 11.8 Å². The standard InChI is InChI=1S/C48H70BrN9O14/c1-2-50-48(72)53-38(46(68)69)7-4-6-20-58(30-35-11-15-37(49)16-12-35)45(67)36-13-9-34(10-14-36)29-52-40(59)8-3-5-19-51-41(60)18-17-39(47(70)71)57-27-25-55(32-43(63)64)23-21-54(31-42(61)62)22-24-56(26-28-57)33-44(65)66/h9-16,38-39H,2-8,17-33H2,1H3,(H,51,60)(H,52,59)(H,61,62)(H,63,64)(H,65,66)(H,68,69)(H,70,71)(H2,50,53,72). The Kier molecular flexibility index (Phi) is 27.3. The molecule has 398 valence electrons. The first-order chi connectivity index (χ1) is 34.3. The summed E-state index contributed by atoms with van der Waals surface area (Å²) in [4.78, 5) is 118. The number of nitrogens with one attached hydrogen (secondary N) is 4. The van der Waals surface area contributed by atoms with Gasteiger partial charge in [-0.3, -0.25) is 53.2 Å². The number of urea groups is 1. The number of carbonyl (C=O) groups is 9. The number of rotatable bonds is 29. The molecule has 0 bridgehead atoms. The van der Waals surface area contributed by atoms with Gasteiger partial charge in [-0.2, -0.15) is 0 Å². The fourth-order valence-electron chi connectivity index (χ4n) is 7.95. The van der Waals surface area contributed by atoms with Crippen molar-refractivity contribution < 1.29 is 68.7 Å². The van der Waals surface area contributed by atoms with E-state index in [1.807, 2.05) is 24.3 Å². The molecular weight excluding hydrogens is 1010 g/mol. The summed E-state index contributed by atoms with van der Waals surface area (Å²) >= 11 is 3.43. The van der Waals surface area contributed by atoms with Crippen LogP contribution in [0, 0.1) is 0 Å². The molecule has 2 unspecified atom stereocenters. The minimum atomic E-state index is -1.20. The maximum absolute atomic E-state index is 13.8. The van der Waals surface area contributed by atoms with Crippen LogP contribution in [0.3, 0.4) is 0 Å². The molecule has 2 aromatic rings. The molecule has 0 aliphatic carbocycles. The van der Waals surface area contributed by atoms with Gasteiger partial charge in [-0.05, 0) is 80.8 Å². The van der Waals surface area contributed by atoms with E-state index in [0.29, 0.717) is 50.9 Å². The van der Waals surface area contributed by atoms with Crippen LogP contribution in [0.25, 0.3) is 0 Å². The summed E-state index contributed by atoms with van der Waals surface area (Å²) in [7, 11) is 0. The van der Waals surface area contributed by atoms with Crippen molar-refractivity contribution in [1.82, 2.24) is 45.8 Å². The van der Waals surface area contributed by atoms with Gasteiger partial charge in [0, 0.05) is 108 Å². The fraction of sp³-hybridized carbons (Fsp3) is 0.562. The molecular formula is C48H70BrN9O14. The van der Waals surface area contributed by atoms with Crippen molar-refractivity contribution in [2.45, 2.75) is 83.5 Å². The minimum absolute atomic E-state index is 0.0790. The number of benzene rings is 2. The second-order valence-corrected chi connectivity index (χ2v) is 18.4. The summed E-state index contributed by atoms with van der Waals surface area (Å²) in [5.41, 5.74) is 2.09. The van der Waals surface area contributed by atoms with Crippen molar-refractivity contribution >= 4 is 69.5 Å². The van der Waals surface area contributed by atoms with Gasteiger partial charge in [-0.25, -0.2) is 9.59 Å². The normalized spacial score (nSPS) is 15.1. The maximum Gasteiger partial charge on any atom is 0.326 e. The smallest absolute Gasteiger partial charge is 0.326 e. The molecule has 3 rings (SSSR count). The van der Waals surface area contributed by atoms with E-state index >= 15 is 0 Å². The van der Waals surface area contributed by atoms with Crippen LogP contribution in [0.1, 0.15) is 79.8 Å². The molecule has 1 fully saturated rings. The third-order valence-corrected chi connectivity index (χ3v) is 12.4. The van der Waals surface area contributed by atoms with E-state index in [0.717, 1.165) is 15.6 Å². The number of nitrogens with zero attached hydrogens (tertiary/aromatic N) is 5. The van der Waals surface area contributed by atoms with Crippen molar-refractivity contribution in [3.63, 3.8) is 0 Å². The zero-order valence-corrected chi connectivity index (χ0v) is 42.4. The molecule has 0 spiro atoms. The lowest BCUT2D eigenvalue weighted by Crippen LogP contribution is -2.52. The Morgan fingerprint density at radius 1 is 0.597 bits per heavy atom. The van der Waals surface area contributed by atoms with Crippen LogP contribution in [-0.4, -0.2) is 207 Å². The molecule has 1 heterocycles. The summed E-state index contributed by atoms with van der Waals surface area (Å²) in [6.07, 6.45) is 2.00. The average Bonchev–Trinajstić information content (AvgIpc) is 3.31. The molecule has 1 aliphatic heterocycles. The van der Waals surface area contributed by atoms with Crippen molar-refractivity contribution in [2.75, 3.05) is 91.6 Å². The van der Waals surface area contributed by atoms with Crippen molar-refractivity contribution in [3.05, 3.63) is 69.7 Å². The Hall–Kier alpha value is -6.21. The lowest BCUT2D eigenvalue weighted by molar-refractivity contribution is -0.145. The molecule has 9 N–H and O–H groups in total. The third-order valence-electron chi connectivity index (χ3n) is 11.8. The number of halogens is 1.